The molecule has 0 fully saturated rings. The topological polar surface area (TPSA) is 49.3 Å². The average Bonchev–Trinajstić information content (AvgIpc) is 1.98. The zero-order valence-electron chi connectivity index (χ0n) is 7.83. The molecule has 0 radical (unpaired) electrons. The van der Waals surface area contributed by atoms with Crippen molar-refractivity contribution >= 4 is 17.7 Å². The van der Waals surface area contributed by atoms with E-state index in [1.54, 1.807) is 0 Å². The van der Waals surface area contributed by atoms with Crippen LogP contribution in [-0.4, -0.2) is 34.7 Å². The van der Waals surface area contributed by atoms with E-state index in [0.29, 0.717) is 5.75 Å². The smallest absolute Gasteiger partial charge is 0.233 e. The van der Waals surface area contributed by atoms with Crippen LogP contribution in [0.15, 0.2) is 0 Å². The first-order chi connectivity index (χ1) is 5.57. The zero-order chi connectivity index (χ0) is 9.56. The maximum absolute atomic E-state index is 11.2. The molecule has 4 heteroatoms. The number of amides is 1. The molecule has 72 valence electrons. The Labute approximate surface area is 77.9 Å². The molecule has 0 saturated carbocycles. The standard InChI is InChI=1S/C8H17NO2S/c1-6(2)9-8(11)7(3)12-5-4-10/h6-7,10H,4-5H2,1-3H3,(H,9,11). The maximum atomic E-state index is 11.2. The Morgan fingerprint density at radius 3 is 2.50 bits per heavy atom. The first kappa shape index (κ1) is 11.8. The van der Waals surface area contributed by atoms with E-state index in [1.807, 2.05) is 20.8 Å². The van der Waals surface area contributed by atoms with E-state index in [1.165, 1.54) is 11.8 Å². The van der Waals surface area contributed by atoms with Gasteiger partial charge in [0.05, 0.1) is 11.9 Å². The second-order valence-electron chi connectivity index (χ2n) is 2.90. The van der Waals surface area contributed by atoms with E-state index in [0.717, 1.165) is 0 Å². The number of hydrogen-bond donors (Lipinski definition) is 2. The van der Waals surface area contributed by atoms with Crippen LogP contribution in [0.2, 0.25) is 0 Å². The van der Waals surface area contributed by atoms with Crippen LogP contribution in [0.1, 0.15) is 20.8 Å². The highest BCUT2D eigenvalue weighted by molar-refractivity contribution is 8.00. The molecular weight excluding hydrogens is 174 g/mol. The summed E-state index contributed by atoms with van der Waals surface area (Å²) >= 11 is 1.46. The molecule has 0 heterocycles. The van der Waals surface area contributed by atoms with Gasteiger partial charge in [0.15, 0.2) is 0 Å². The maximum Gasteiger partial charge on any atom is 0.233 e. The lowest BCUT2D eigenvalue weighted by atomic mass is 10.3. The predicted molar refractivity (Wildman–Crippen MR) is 52.3 cm³/mol. The second kappa shape index (κ2) is 6.31. The summed E-state index contributed by atoms with van der Waals surface area (Å²) in [7, 11) is 0. The number of carbonyl (C=O) groups is 1. The van der Waals surface area contributed by atoms with Crippen molar-refractivity contribution in [1.82, 2.24) is 5.32 Å². The minimum Gasteiger partial charge on any atom is -0.396 e. The summed E-state index contributed by atoms with van der Waals surface area (Å²) in [5.74, 6) is 0.663. The highest BCUT2D eigenvalue weighted by atomic mass is 32.2. The fourth-order valence-electron chi connectivity index (χ4n) is 0.707. The van der Waals surface area contributed by atoms with Crippen LogP contribution in [-0.2, 0) is 4.79 Å². The summed E-state index contributed by atoms with van der Waals surface area (Å²) < 4.78 is 0. The molecular formula is C8H17NO2S. The molecule has 0 aliphatic carbocycles. The van der Waals surface area contributed by atoms with E-state index in [9.17, 15) is 4.79 Å². The van der Waals surface area contributed by atoms with Gasteiger partial charge < -0.3 is 10.4 Å². The van der Waals surface area contributed by atoms with Gasteiger partial charge in [-0.25, -0.2) is 0 Å². The van der Waals surface area contributed by atoms with Gasteiger partial charge in [-0.05, 0) is 20.8 Å². The van der Waals surface area contributed by atoms with Crippen LogP contribution >= 0.6 is 11.8 Å². The Balaban J connectivity index is 3.61. The van der Waals surface area contributed by atoms with E-state index < -0.39 is 0 Å². The molecule has 0 aliphatic heterocycles. The zero-order valence-corrected chi connectivity index (χ0v) is 8.65. The van der Waals surface area contributed by atoms with Crippen LogP contribution in [0.5, 0.6) is 0 Å². The summed E-state index contributed by atoms with van der Waals surface area (Å²) in [6, 6.07) is 0.190. The molecule has 0 aliphatic rings. The normalized spacial score (nSPS) is 13.1. The van der Waals surface area contributed by atoms with E-state index >= 15 is 0 Å². The van der Waals surface area contributed by atoms with Gasteiger partial charge in [-0.2, -0.15) is 0 Å². The van der Waals surface area contributed by atoms with Crippen LogP contribution < -0.4 is 5.32 Å². The van der Waals surface area contributed by atoms with Gasteiger partial charge in [0.1, 0.15) is 0 Å². The quantitative estimate of drug-likeness (QED) is 0.670. The third kappa shape index (κ3) is 5.43. The van der Waals surface area contributed by atoms with E-state index in [4.69, 9.17) is 5.11 Å². The monoisotopic (exact) mass is 191 g/mol. The van der Waals surface area contributed by atoms with Gasteiger partial charge in [-0.15, -0.1) is 11.8 Å². The number of carbonyl (C=O) groups excluding carboxylic acids is 1. The van der Waals surface area contributed by atoms with E-state index in [-0.39, 0.29) is 23.8 Å². The number of aliphatic hydroxyl groups excluding tert-OH is 1. The Bertz CT molecular complexity index is 139. The first-order valence-corrected chi connectivity index (χ1v) is 5.15. The van der Waals surface area contributed by atoms with Crippen molar-refractivity contribution in [3.8, 4) is 0 Å². The molecule has 1 atom stereocenters. The molecule has 0 aromatic carbocycles. The number of nitrogens with one attached hydrogen (secondary N) is 1. The lowest BCUT2D eigenvalue weighted by Crippen LogP contribution is -2.36. The largest absolute Gasteiger partial charge is 0.396 e. The van der Waals surface area contributed by atoms with Crippen molar-refractivity contribution in [3.05, 3.63) is 0 Å². The minimum absolute atomic E-state index is 0.0449. The fourth-order valence-corrected chi connectivity index (χ4v) is 1.39. The number of rotatable bonds is 5. The summed E-state index contributed by atoms with van der Waals surface area (Å²) in [5.41, 5.74) is 0. The number of aliphatic hydroxyl groups is 1. The van der Waals surface area contributed by atoms with Gasteiger partial charge in [-0.1, -0.05) is 0 Å². The second-order valence-corrected chi connectivity index (χ2v) is 4.35. The molecule has 0 saturated heterocycles. The third-order valence-electron chi connectivity index (χ3n) is 1.26. The molecule has 1 unspecified atom stereocenters. The molecule has 0 aromatic heterocycles. The molecule has 2 N–H and O–H groups in total. The van der Waals surface area contributed by atoms with Gasteiger partial charge in [0, 0.05) is 11.8 Å². The van der Waals surface area contributed by atoms with Crippen molar-refractivity contribution in [2.24, 2.45) is 0 Å². The number of thioether (sulfide) groups is 1. The SMILES string of the molecule is CC(C)NC(=O)C(C)SCCO. The lowest BCUT2D eigenvalue weighted by Gasteiger charge is -2.13. The third-order valence-corrected chi connectivity index (χ3v) is 2.39. The molecule has 3 nitrogen and oxygen atoms in total. The Morgan fingerprint density at radius 1 is 1.50 bits per heavy atom. The van der Waals surface area contributed by atoms with Crippen molar-refractivity contribution in [2.45, 2.75) is 32.1 Å². The summed E-state index contributed by atoms with van der Waals surface area (Å²) in [6.45, 7) is 5.84. The average molecular weight is 191 g/mol. The molecule has 1 amide bonds. The fraction of sp³-hybridized carbons (Fsp3) is 0.875. The van der Waals surface area contributed by atoms with E-state index in [2.05, 4.69) is 5.32 Å². The van der Waals surface area contributed by atoms with Crippen molar-refractivity contribution in [2.75, 3.05) is 12.4 Å². The summed E-state index contributed by atoms with van der Waals surface area (Å²) in [4.78, 5) is 11.2. The Hall–Kier alpha value is -0.220. The Kier molecular flexibility index (Phi) is 6.20. The van der Waals surface area contributed by atoms with Gasteiger partial charge in [0.25, 0.3) is 0 Å². The van der Waals surface area contributed by atoms with Gasteiger partial charge >= 0.3 is 0 Å². The molecule has 0 rings (SSSR count). The van der Waals surface area contributed by atoms with Crippen molar-refractivity contribution < 1.29 is 9.90 Å². The van der Waals surface area contributed by atoms with Crippen LogP contribution in [0.4, 0.5) is 0 Å². The predicted octanol–water partition coefficient (Wildman–Crippen LogP) is 0.625. The van der Waals surface area contributed by atoms with Crippen LogP contribution in [0, 0.1) is 0 Å². The minimum atomic E-state index is -0.0699. The van der Waals surface area contributed by atoms with Crippen LogP contribution in [0.25, 0.3) is 0 Å². The molecule has 0 aromatic rings. The summed E-state index contributed by atoms with van der Waals surface area (Å²) in [5, 5.41) is 11.3. The highest BCUT2D eigenvalue weighted by Crippen LogP contribution is 2.09. The van der Waals surface area contributed by atoms with Crippen molar-refractivity contribution in [3.63, 3.8) is 0 Å². The van der Waals surface area contributed by atoms with Gasteiger partial charge in [-0.3, -0.25) is 4.79 Å². The van der Waals surface area contributed by atoms with Crippen LogP contribution in [0.3, 0.4) is 0 Å². The molecule has 0 spiro atoms. The lowest BCUT2D eigenvalue weighted by molar-refractivity contribution is -0.120. The van der Waals surface area contributed by atoms with Crippen molar-refractivity contribution in [1.29, 1.82) is 0 Å². The summed E-state index contributed by atoms with van der Waals surface area (Å²) in [6.07, 6.45) is 0. The number of hydrogen-bond acceptors (Lipinski definition) is 3. The first-order valence-electron chi connectivity index (χ1n) is 4.10. The Morgan fingerprint density at radius 2 is 2.08 bits per heavy atom. The highest BCUT2D eigenvalue weighted by Gasteiger charge is 2.12. The van der Waals surface area contributed by atoms with Gasteiger partial charge in [0.2, 0.25) is 5.91 Å². The molecule has 0 bridgehead atoms. The molecule has 12 heavy (non-hydrogen) atoms.